The van der Waals surface area contributed by atoms with Crippen molar-refractivity contribution in [3.8, 4) is 17.2 Å². The van der Waals surface area contributed by atoms with Gasteiger partial charge in [0.25, 0.3) is 0 Å². The van der Waals surface area contributed by atoms with Crippen molar-refractivity contribution in [3.05, 3.63) is 65.0 Å². The molecule has 2 heterocycles. The van der Waals surface area contributed by atoms with Crippen LogP contribution < -0.4 is 9.47 Å². The molecule has 2 aliphatic rings. The fourth-order valence-electron chi connectivity index (χ4n) is 4.46. The fourth-order valence-corrected chi connectivity index (χ4v) is 4.46. The summed E-state index contributed by atoms with van der Waals surface area (Å²) < 4.78 is 61.3. The molecule has 0 N–H and O–H groups in total. The van der Waals surface area contributed by atoms with Crippen LogP contribution in [0.5, 0.6) is 17.2 Å². The lowest BCUT2D eigenvalue weighted by molar-refractivity contribution is -0.0396. The molecule has 2 atom stereocenters. The molecule has 0 spiro atoms. The maximum Gasteiger partial charge on any atom is 0.207 e. The predicted molar refractivity (Wildman–Crippen MR) is 117 cm³/mol. The van der Waals surface area contributed by atoms with E-state index < -0.39 is 17.5 Å². The largest absolute Gasteiger partial charge is 0.488 e. The molecule has 2 aliphatic heterocycles. The zero-order chi connectivity index (χ0) is 22.7. The topological polar surface area (TPSA) is 27.7 Å². The summed E-state index contributed by atoms with van der Waals surface area (Å²) >= 11 is 0. The Morgan fingerprint density at radius 2 is 1.91 bits per heavy atom. The second kappa shape index (κ2) is 9.99. The molecule has 4 rings (SSSR count). The zero-order valence-electron chi connectivity index (χ0n) is 18.4. The lowest BCUT2D eigenvalue weighted by Crippen LogP contribution is -2.30. The first-order valence-corrected chi connectivity index (χ1v) is 11.4. The number of halogens is 3. The summed E-state index contributed by atoms with van der Waals surface area (Å²) in [5, 5.41) is 0. The average molecular weight is 447 g/mol. The van der Waals surface area contributed by atoms with Crippen molar-refractivity contribution in [1.82, 2.24) is 0 Å². The number of aryl methyl sites for hydroxylation is 1. The summed E-state index contributed by atoms with van der Waals surface area (Å²) in [5.74, 6) is -2.52. The van der Waals surface area contributed by atoms with Crippen LogP contribution in [0.3, 0.4) is 0 Å². The SMILES string of the molecule is C=CCCc1cc2c(c(F)c1F)Oc1c(ccc(OCC3CCC(CCC)CO3)c1F)C2. The van der Waals surface area contributed by atoms with E-state index in [-0.39, 0.29) is 41.9 Å². The van der Waals surface area contributed by atoms with Crippen LogP contribution in [0.4, 0.5) is 13.2 Å². The third kappa shape index (κ3) is 4.65. The Balaban J connectivity index is 1.47. The van der Waals surface area contributed by atoms with Crippen LogP contribution >= 0.6 is 0 Å². The van der Waals surface area contributed by atoms with Crippen LogP contribution in [-0.4, -0.2) is 19.3 Å². The van der Waals surface area contributed by atoms with Crippen LogP contribution in [0.2, 0.25) is 0 Å². The van der Waals surface area contributed by atoms with Crippen LogP contribution in [0.1, 0.15) is 55.7 Å². The third-order valence-corrected chi connectivity index (χ3v) is 6.25. The van der Waals surface area contributed by atoms with Gasteiger partial charge in [0, 0.05) is 24.2 Å². The van der Waals surface area contributed by atoms with Crippen molar-refractivity contribution < 1.29 is 27.4 Å². The van der Waals surface area contributed by atoms with Crippen LogP contribution in [-0.2, 0) is 17.6 Å². The summed E-state index contributed by atoms with van der Waals surface area (Å²) in [5.41, 5.74) is 1.34. The van der Waals surface area contributed by atoms with Crippen molar-refractivity contribution in [2.24, 2.45) is 5.92 Å². The first kappa shape index (κ1) is 22.7. The quantitative estimate of drug-likeness (QED) is 0.353. The lowest BCUT2D eigenvalue weighted by Gasteiger charge is -2.29. The summed E-state index contributed by atoms with van der Waals surface area (Å²) in [6, 6.07) is 4.86. The first-order valence-electron chi connectivity index (χ1n) is 11.4. The number of hydrogen-bond acceptors (Lipinski definition) is 3. The van der Waals surface area contributed by atoms with Crippen LogP contribution in [0, 0.1) is 23.4 Å². The summed E-state index contributed by atoms with van der Waals surface area (Å²) in [4.78, 5) is 0. The van der Waals surface area contributed by atoms with Gasteiger partial charge in [0.1, 0.15) is 6.61 Å². The summed E-state index contributed by atoms with van der Waals surface area (Å²) in [7, 11) is 0. The van der Waals surface area contributed by atoms with Gasteiger partial charge in [-0.1, -0.05) is 25.5 Å². The zero-order valence-corrected chi connectivity index (χ0v) is 18.4. The molecule has 2 unspecified atom stereocenters. The highest BCUT2D eigenvalue weighted by molar-refractivity contribution is 5.54. The molecule has 6 heteroatoms. The molecule has 1 fully saturated rings. The van der Waals surface area contributed by atoms with Gasteiger partial charge in [-0.2, -0.15) is 8.78 Å². The van der Waals surface area contributed by atoms with E-state index >= 15 is 4.39 Å². The lowest BCUT2D eigenvalue weighted by atomic mass is 9.94. The van der Waals surface area contributed by atoms with Gasteiger partial charge >= 0.3 is 0 Å². The molecule has 3 nitrogen and oxygen atoms in total. The molecule has 0 amide bonds. The summed E-state index contributed by atoms with van der Waals surface area (Å²) in [6.45, 7) is 6.72. The number of fused-ring (bicyclic) bond motifs is 2. The minimum absolute atomic E-state index is 0.0231. The Kier molecular flexibility index (Phi) is 7.09. The Hall–Kier alpha value is -2.47. The third-order valence-electron chi connectivity index (χ3n) is 6.25. The molecular formula is C26H29F3O3. The van der Waals surface area contributed by atoms with Crippen molar-refractivity contribution in [3.63, 3.8) is 0 Å². The Labute approximate surface area is 187 Å². The Morgan fingerprint density at radius 3 is 2.62 bits per heavy atom. The molecule has 32 heavy (non-hydrogen) atoms. The number of hydrogen-bond donors (Lipinski definition) is 0. The van der Waals surface area contributed by atoms with Crippen LogP contribution in [0.15, 0.2) is 30.9 Å². The molecule has 2 aromatic rings. The number of allylic oxidation sites excluding steroid dienone is 1. The molecule has 0 bridgehead atoms. The molecule has 0 radical (unpaired) electrons. The van der Waals surface area contributed by atoms with E-state index in [4.69, 9.17) is 14.2 Å². The van der Waals surface area contributed by atoms with Crippen molar-refractivity contribution in [2.45, 2.75) is 58.0 Å². The minimum Gasteiger partial charge on any atom is -0.488 e. The van der Waals surface area contributed by atoms with Gasteiger partial charge in [0.05, 0.1) is 6.10 Å². The molecule has 0 aromatic heterocycles. The maximum absolute atomic E-state index is 15.1. The highest BCUT2D eigenvalue weighted by Crippen LogP contribution is 2.43. The van der Waals surface area contributed by atoms with E-state index in [9.17, 15) is 8.78 Å². The average Bonchev–Trinajstić information content (AvgIpc) is 2.80. The van der Waals surface area contributed by atoms with Gasteiger partial charge in [0.15, 0.2) is 23.1 Å². The van der Waals surface area contributed by atoms with Gasteiger partial charge < -0.3 is 14.2 Å². The van der Waals surface area contributed by atoms with Gasteiger partial charge in [-0.05, 0) is 55.7 Å². The van der Waals surface area contributed by atoms with Gasteiger partial charge in [0.2, 0.25) is 11.6 Å². The monoisotopic (exact) mass is 446 g/mol. The molecule has 172 valence electrons. The number of rotatable bonds is 8. The van der Waals surface area contributed by atoms with Crippen molar-refractivity contribution >= 4 is 0 Å². The van der Waals surface area contributed by atoms with E-state index in [2.05, 4.69) is 13.5 Å². The second-order valence-corrected chi connectivity index (χ2v) is 8.62. The van der Waals surface area contributed by atoms with E-state index in [1.54, 1.807) is 24.3 Å². The molecule has 0 saturated carbocycles. The van der Waals surface area contributed by atoms with Gasteiger partial charge in [-0.25, -0.2) is 4.39 Å². The number of ether oxygens (including phenoxy) is 3. The van der Waals surface area contributed by atoms with Gasteiger partial charge in [-0.15, -0.1) is 6.58 Å². The smallest absolute Gasteiger partial charge is 0.207 e. The van der Waals surface area contributed by atoms with Crippen molar-refractivity contribution in [2.75, 3.05) is 13.2 Å². The number of benzene rings is 2. The van der Waals surface area contributed by atoms with E-state index in [0.717, 1.165) is 25.7 Å². The van der Waals surface area contributed by atoms with E-state index in [0.29, 0.717) is 36.5 Å². The highest BCUT2D eigenvalue weighted by atomic mass is 19.2. The van der Waals surface area contributed by atoms with E-state index in [1.807, 2.05) is 0 Å². The Bertz CT molecular complexity index is 981. The summed E-state index contributed by atoms with van der Waals surface area (Å²) in [6.07, 6.45) is 6.94. The highest BCUT2D eigenvalue weighted by Gasteiger charge is 2.29. The molecular weight excluding hydrogens is 417 g/mol. The van der Waals surface area contributed by atoms with Crippen molar-refractivity contribution in [1.29, 1.82) is 0 Å². The molecule has 1 saturated heterocycles. The second-order valence-electron chi connectivity index (χ2n) is 8.62. The standard InChI is InChI=1S/C26H29F3O3/c1-3-5-7-17-12-19-13-18-9-11-21(23(28)25(18)32-26(19)24(29)22(17)27)31-15-20-10-8-16(6-4-2)14-30-20/h3,9,11-12,16,20H,1,4-8,10,13-15H2,2H3. The minimum atomic E-state index is -1.09. The first-order chi connectivity index (χ1) is 15.5. The Morgan fingerprint density at radius 1 is 1.09 bits per heavy atom. The maximum atomic E-state index is 15.1. The van der Waals surface area contributed by atoms with Gasteiger partial charge in [-0.3, -0.25) is 0 Å². The van der Waals surface area contributed by atoms with Crippen LogP contribution in [0.25, 0.3) is 0 Å². The molecule has 0 aliphatic carbocycles. The van der Waals surface area contributed by atoms with E-state index in [1.165, 1.54) is 0 Å². The molecule has 2 aromatic carbocycles. The normalized spacial score (nSPS) is 19.6. The fraction of sp³-hybridized carbons (Fsp3) is 0.462. The predicted octanol–water partition coefficient (Wildman–Crippen LogP) is 6.89.